The maximum atomic E-state index is 12.7. The summed E-state index contributed by atoms with van der Waals surface area (Å²) in [5.74, 6) is 0.638. The summed E-state index contributed by atoms with van der Waals surface area (Å²) < 4.78 is 5.56. The van der Waals surface area contributed by atoms with Crippen LogP contribution in [0.5, 0.6) is 0 Å². The van der Waals surface area contributed by atoms with Crippen LogP contribution in [0.3, 0.4) is 0 Å². The second kappa shape index (κ2) is 8.80. The summed E-state index contributed by atoms with van der Waals surface area (Å²) in [7, 11) is 0. The number of amides is 3. The Morgan fingerprint density at radius 1 is 1.03 bits per heavy atom. The van der Waals surface area contributed by atoms with Gasteiger partial charge in [-0.15, -0.1) is 0 Å². The minimum Gasteiger partial charge on any atom is -0.444 e. The monoisotopic (exact) mass is 434 g/mol. The van der Waals surface area contributed by atoms with E-state index in [1.54, 1.807) is 0 Å². The van der Waals surface area contributed by atoms with Crippen LogP contribution in [-0.4, -0.2) is 82.8 Å². The number of carbonyl (C=O) groups is 2. The van der Waals surface area contributed by atoms with E-state index in [2.05, 4.69) is 22.0 Å². The molecule has 0 radical (unpaired) electrons. The number of fused-ring (bicyclic) bond motifs is 1. The Morgan fingerprint density at radius 2 is 1.68 bits per heavy atom. The molecule has 3 aliphatic heterocycles. The van der Waals surface area contributed by atoms with Gasteiger partial charge in [0, 0.05) is 50.3 Å². The lowest BCUT2D eigenvalue weighted by Crippen LogP contribution is -2.64. The molecule has 31 heavy (non-hydrogen) atoms. The van der Waals surface area contributed by atoms with Gasteiger partial charge in [0.1, 0.15) is 5.60 Å². The Labute approximate surface area is 187 Å². The minimum atomic E-state index is -0.447. The fourth-order valence-electron chi connectivity index (χ4n) is 6.19. The van der Waals surface area contributed by atoms with E-state index in [0.717, 1.165) is 58.4 Å². The van der Waals surface area contributed by atoms with Gasteiger partial charge in [0.15, 0.2) is 0 Å². The van der Waals surface area contributed by atoms with Crippen molar-refractivity contribution in [1.82, 2.24) is 20.0 Å². The largest absolute Gasteiger partial charge is 0.444 e. The van der Waals surface area contributed by atoms with Gasteiger partial charge >= 0.3 is 12.1 Å². The Kier molecular flexibility index (Phi) is 6.44. The van der Waals surface area contributed by atoms with Crippen LogP contribution in [0.15, 0.2) is 0 Å². The molecule has 4 fully saturated rings. The van der Waals surface area contributed by atoms with E-state index < -0.39 is 5.60 Å². The summed E-state index contributed by atoms with van der Waals surface area (Å²) in [5.41, 5.74) is -0.321. The van der Waals surface area contributed by atoms with Gasteiger partial charge in [-0.25, -0.2) is 9.59 Å². The van der Waals surface area contributed by atoms with Crippen LogP contribution in [0.1, 0.15) is 79.1 Å². The van der Waals surface area contributed by atoms with Gasteiger partial charge in [0.05, 0.1) is 0 Å². The Bertz CT molecular complexity index is 660. The normalized spacial score (nSPS) is 30.5. The molecule has 1 N–H and O–H groups in total. The van der Waals surface area contributed by atoms with E-state index >= 15 is 0 Å². The SMILES string of the molecule is CC(C)(C)OC(=O)N1CCC(C)(N2CCC(N3C(=O)NC[C@H]4CCCC[C@@H]43)CC2)CC1. The molecule has 3 saturated heterocycles. The number of hydrogen-bond donors (Lipinski definition) is 1. The maximum absolute atomic E-state index is 12.7. The highest BCUT2D eigenvalue weighted by Gasteiger charge is 2.44. The van der Waals surface area contributed by atoms with Crippen molar-refractivity contribution in [1.29, 1.82) is 0 Å². The molecule has 3 amide bonds. The van der Waals surface area contributed by atoms with Crippen molar-refractivity contribution in [3.8, 4) is 0 Å². The maximum Gasteiger partial charge on any atom is 0.410 e. The van der Waals surface area contributed by atoms with Crippen molar-refractivity contribution in [2.75, 3.05) is 32.7 Å². The standard InChI is InChI=1S/C24H42N4O3/c1-23(2,3)31-22(30)26-15-11-24(4,12-16-26)27-13-9-19(10-14-27)28-20-8-6-5-7-18(20)17-25-21(28)29/h18-20H,5-17H2,1-4H3,(H,25,29)/t18-,20+/m1/s1. The van der Waals surface area contributed by atoms with Crippen LogP contribution >= 0.6 is 0 Å². The molecule has 0 aromatic heterocycles. The second-order valence-corrected chi connectivity index (χ2v) is 11.4. The highest BCUT2D eigenvalue weighted by atomic mass is 16.6. The first-order valence-electron chi connectivity index (χ1n) is 12.5. The summed E-state index contributed by atoms with van der Waals surface area (Å²) in [6.07, 6.45) is 8.88. The number of rotatable bonds is 2. The molecule has 4 aliphatic rings. The lowest BCUT2D eigenvalue weighted by atomic mass is 9.80. The van der Waals surface area contributed by atoms with E-state index in [0.29, 0.717) is 18.0 Å². The van der Waals surface area contributed by atoms with E-state index in [-0.39, 0.29) is 17.7 Å². The highest BCUT2D eigenvalue weighted by molar-refractivity contribution is 5.76. The van der Waals surface area contributed by atoms with Gasteiger partial charge in [-0.05, 0) is 72.1 Å². The molecule has 4 rings (SSSR count). The van der Waals surface area contributed by atoms with Crippen molar-refractivity contribution in [3.05, 3.63) is 0 Å². The molecule has 176 valence electrons. The first kappa shape index (κ1) is 22.7. The predicted molar refractivity (Wildman–Crippen MR) is 121 cm³/mol. The fourth-order valence-corrected chi connectivity index (χ4v) is 6.19. The van der Waals surface area contributed by atoms with Gasteiger partial charge in [-0.2, -0.15) is 0 Å². The van der Waals surface area contributed by atoms with Crippen molar-refractivity contribution in [2.24, 2.45) is 5.92 Å². The lowest BCUT2D eigenvalue weighted by Gasteiger charge is -2.52. The average molecular weight is 435 g/mol. The molecule has 7 nitrogen and oxygen atoms in total. The van der Waals surface area contributed by atoms with Gasteiger partial charge in [0.25, 0.3) is 0 Å². The van der Waals surface area contributed by atoms with Crippen molar-refractivity contribution in [3.63, 3.8) is 0 Å². The zero-order chi connectivity index (χ0) is 22.2. The predicted octanol–water partition coefficient (Wildman–Crippen LogP) is 3.82. The third-order valence-corrected chi connectivity index (χ3v) is 8.09. The van der Waals surface area contributed by atoms with Crippen molar-refractivity contribution >= 4 is 12.1 Å². The zero-order valence-electron chi connectivity index (χ0n) is 20.0. The smallest absolute Gasteiger partial charge is 0.410 e. The van der Waals surface area contributed by atoms with E-state index in [9.17, 15) is 9.59 Å². The van der Waals surface area contributed by atoms with Gasteiger partial charge in [0.2, 0.25) is 0 Å². The van der Waals surface area contributed by atoms with Gasteiger partial charge in [-0.1, -0.05) is 12.8 Å². The molecule has 0 bridgehead atoms. The third kappa shape index (κ3) is 4.96. The number of piperidine rings is 2. The summed E-state index contributed by atoms with van der Waals surface area (Å²) in [4.78, 5) is 31.9. The van der Waals surface area contributed by atoms with Crippen LogP contribution in [0, 0.1) is 5.92 Å². The molecule has 0 aromatic rings. The number of nitrogens with one attached hydrogen (secondary N) is 1. The quantitative estimate of drug-likeness (QED) is 0.717. The average Bonchev–Trinajstić information content (AvgIpc) is 2.73. The molecular formula is C24H42N4O3. The molecular weight excluding hydrogens is 392 g/mol. The summed E-state index contributed by atoms with van der Waals surface area (Å²) in [6, 6.07) is 0.984. The van der Waals surface area contributed by atoms with Crippen LogP contribution in [0.4, 0.5) is 9.59 Å². The first-order chi connectivity index (χ1) is 14.7. The van der Waals surface area contributed by atoms with E-state index in [4.69, 9.17) is 4.74 Å². The number of ether oxygens (including phenoxy) is 1. The molecule has 2 atom stereocenters. The van der Waals surface area contributed by atoms with Crippen LogP contribution in [0.25, 0.3) is 0 Å². The number of nitrogens with zero attached hydrogens (tertiary/aromatic N) is 3. The fraction of sp³-hybridized carbons (Fsp3) is 0.917. The van der Waals surface area contributed by atoms with Crippen LogP contribution in [0.2, 0.25) is 0 Å². The van der Waals surface area contributed by atoms with Crippen molar-refractivity contribution in [2.45, 2.75) is 102 Å². The van der Waals surface area contributed by atoms with Crippen LogP contribution in [-0.2, 0) is 4.74 Å². The molecule has 0 spiro atoms. The highest BCUT2D eigenvalue weighted by Crippen LogP contribution is 2.36. The number of urea groups is 1. The number of likely N-dealkylation sites (tertiary alicyclic amines) is 2. The Hall–Kier alpha value is -1.50. The topological polar surface area (TPSA) is 65.1 Å². The molecule has 1 saturated carbocycles. The Balaban J connectivity index is 1.30. The summed E-state index contributed by atoms with van der Waals surface area (Å²) >= 11 is 0. The van der Waals surface area contributed by atoms with E-state index in [1.807, 2.05) is 25.7 Å². The molecule has 7 heteroatoms. The van der Waals surface area contributed by atoms with E-state index in [1.165, 1.54) is 25.7 Å². The molecule has 3 heterocycles. The number of hydrogen-bond acceptors (Lipinski definition) is 4. The Morgan fingerprint density at radius 3 is 2.32 bits per heavy atom. The van der Waals surface area contributed by atoms with Crippen molar-refractivity contribution < 1.29 is 14.3 Å². The van der Waals surface area contributed by atoms with Crippen LogP contribution < -0.4 is 5.32 Å². The second-order valence-electron chi connectivity index (χ2n) is 11.4. The summed E-state index contributed by atoms with van der Waals surface area (Å²) in [6.45, 7) is 12.6. The van der Waals surface area contributed by atoms with Gasteiger partial charge < -0.3 is 19.9 Å². The summed E-state index contributed by atoms with van der Waals surface area (Å²) in [5, 5.41) is 3.17. The lowest BCUT2D eigenvalue weighted by molar-refractivity contribution is -0.0203. The molecule has 1 aliphatic carbocycles. The molecule has 0 unspecified atom stereocenters. The zero-order valence-corrected chi connectivity index (χ0v) is 20.0. The van der Waals surface area contributed by atoms with Gasteiger partial charge in [-0.3, -0.25) is 4.90 Å². The minimum absolute atomic E-state index is 0.126. The molecule has 0 aromatic carbocycles. The first-order valence-corrected chi connectivity index (χ1v) is 12.5. The number of carbonyl (C=O) groups excluding carboxylic acids is 2. The third-order valence-electron chi connectivity index (χ3n) is 8.09.